The first kappa shape index (κ1) is 12.5. The summed E-state index contributed by atoms with van der Waals surface area (Å²) >= 11 is 1.71. The molecule has 2 rings (SSSR count). The summed E-state index contributed by atoms with van der Waals surface area (Å²) in [5, 5.41) is 16.5. The molecule has 1 aromatic heterocycles. The lowest BCUT2D eigenvalue weighted by Gasteiger charge is -2.15. The Morgan fingerprint density at radius 2 is 2.28 bits per heavy atom. The van der Waals surface area contributed by atoms with Crippen molar-refractivity contribution in [2.24, 2.45) is 0 Å². The number of hydrogen-bond acceptors (Lipinski definition) is 4. The first-order chi connectivity index (χ1) is 8.69. The summed E-state index contributed by atoms with van der Waals surface area (Å²) in [4.78, 5) is 0. The van der Waals surface area contributed by atoms with Gasteiger partial charge in [-0.05, 0) is 53.9 Å². The van der Waals surface area contributed by atoms with Crippen molar-refractivity contribution in [3.63, 3.8) is 0 Å². The van der Waals surface area contributed by atoms with E-state index in [1.54, 1.807) is 23.5 Å². The van der Waals surface area contributed by atoms with Crippen LogP contribution < -0.4 is 11.1 Å². The Hall–Kier alpha value is -1.99. The molecule has 1 atom stereocenters. The van der Waals surface area contributed by atoms with Crippen LogP contribution in [0.5, 0.6) is 0 Å². The fourth-order valence-corrected chi connectivity index (χ4v) is 2.52. The van der Waals surface area contributed by atoms with E-state index in [0.717, 1.165) is 12.1 Å². The van der Waals surface area contributed by atoms with Crippen LogP contribution in [-0.2, 0) is 6.42 Å². The number of nitrogens with zero attached hydrogens (tertiary/aromatic N) is 1. The molecule has 1 heterocycles. The standard InChI is InChI=1S/C14H15N3S/c1-10(6-11-4-5-18-9-11)17-13-2-3-14(16)12(7-13)8-15/h2-5,7,9-10,17H,6,16H2,1H3. The van der Waals surface area contributed by atoms with Crippen LogP contribution in [0.3, 0.4) is 0 Å². The zero-order chi connectivity index (χ0) is 13.0. The van der Waals surface area contributed by atoms with Gasteiger partial charge >= 0.3 is 0 Å². The molecule has 0 spiro atoms. The van der Waals surface area contributed by atoms with Gasteiger partial charge in [-0.25, -0.2) is 0 Å². The molecule has 0 amide bonds. The van der Waals surface area contributed by atoms with Crippen molar-refractivity contribution < 1.29 is 0 Å². The van der Waals surface area contributed by atoms with Gasteiger partial charge in [0.15, 0.2) is 0 Å². The lowest BCUT2D eigenvalue weighted by atomic mass is 10.1. The number of benzene rings is 1. The number of nitrogens with one attached hydrogen (secondary N) is 1. The van der Waals surface area contributed by atoms with Crippen LogP contribution in [0.1, 0.15) is 18.1 Å². The van der Waals surface area contributed by atoms with E-state index in [2.05, 4.69) is 35.1 Å². The molecule has 3 N–H and O–H groups in total. The maximum absolute atomic E-state index is 8.93. The summed E-state index contributed by atoms with van der Waals surface area (Å²) in [6.45, 7) is 2.13. The molecule has 0 fully saturated rings. The van der Waals surface area contributed by atoms with Crippen LogP contribution in [0.4, 0.5) is 11.4 Å². The highest BCUT2D eigenvalue weighted by molar-refractivity contribution is 7.07. The molecule has 0 aliphatic rings. The molecule has 0 saturated carbocycles. The highest BCUT2D eigenvalue weighted by atomic mass is 32.1. The zero-order valence-electron chi connectivity index (χ0n) is 10.2. The van der Waals surface area contributed by atoms with Gasteiger partial charge in [-0.1, -0.05) is 0 Å². The van der Waals surface area contributed by atoms with Gasteiger partial charge < -0.3 is 11.1 Å². The highest BCUT2D eigenvalue weighted by Crippen LogP contribution is 2.18. The van der Waals surface area contributed by atoms with Crippen LogP contribution in [0.2, 0.25) is 0 Å². The van der Waals surface area contributed by atoms with Gasteiger partial charge in [0.05, 0.1) is 5.56 Å². The Morgan fingerprint density at radius 1 is 1.44 bits per heavy atom. The zero-order valence-corrected chi connectivity index (χ0v) is 11.0. The van der Waals surface area contributed by atoms with E-state index in [1.165, 1.54) is 5.56 Å². The highest BCUT2D eigenvalue weighted by Gasteiger charge is 2.06. The van der Waals surface area contributed by atoms with E-state index in [9.17, 15) is 0 Å². The van der Waals surface area contributed by atoms with E-state index in [1.807, 2.05) is 6.07 Å². The quantitative estimate of drug-likeness (QED) is 0.826. The summed E-state index contributed by atoms with van der Waals surface area (Å²) in [6.07, 6.45) is 0.968. The van der Waals surface area contributed by atoms with Crippen molar-refractivity contribution in [2.75, 3.05) is 11.1 Å². The molecule has 0 aliphatic carbocycles. The number of nitriles is 1. The Kier molecular flexibility index (Phi) is 3.85. The minimum atomic E-state index is 0.315. The molecule has 0 saturated heterocycles. The minimum absolute atomic E-state index is 0.315. The second kappa shape index (κ2) is 5.56. The van der Waals surface area contributed by atoms with Crippen molar-refractivity contribution in [1.82, 2.24) is 0 Å². The molecule has 0 aliphatic heterocycles. The van der Waals surface area contributed by atoms with Gasteiger partial charge in [-0.15, -0.1) is 0 Å². The Morgan fingerprint density at radius 3 is 2.94 bits per heavy atom. The van der Waals surface area contributed by atoms with Crippen LogP contribution in [0, 0.1) is 11.3 Å². The molecule has 4 heteroatoms. The minimum Gasteiger partial charge on any atom is -0.398 e. The van der Waals surface area contributed by atoms with Crippen LogP contribution in [0.25, 0.3) is 0 Å². The molecule has 0 bridgehead atoms. The maximum Gasteiger partial charge on any atom is 0.101 e. The first-order valence-corrected chi connectivity index (χ1v) is 6.70. The van der Waals surface area contributed by atoms with Gasteiger partial charge in [0, 0.05) is 17.4 Å². The molecule has 0 radical (unpaired) electrons. The van der Waals surface area contributed by atoms with Crippen LogP contribution in [-0.4, -0.2) is 6.04 Å². The molecule has 1 aromatic carbocycles. The Bertz CT molecular complexity index is 555. The predicted molar refractivity (Wildman–Crippen MR) is 76.7 cm³/mol. The van der Waals surface area contributed by atoms with Gasteiger partial charge in [0.2, 0.25) is 0 Å². The number of nitrogen functional groups attached to an aromatic ring is 1. The lowest BCUT2D eigenvalue weighted by Crippen LogP contribution is -2.17. The summed E-state index contributed by atoms with van der Waals surface area (Å²) in [6, 6.07) is 9.99. The normalized spacial score (nSPS) is 11.8. The van der Waals surface area contributed by atoms with E-state index >= 15 is 0 Å². The van der Waals surface area contributed by atoms with Crippen molar-refractivity contribution in [3.05, 3.63) is 46.2 Å². The molecular formula is C14H15N3S. The Labute approximate surface area is 111 Å². The second-order valence-corrected chi connectivity index (χ2v) is 5.07. The van der Waals surface area contributed by atoms with Gasteiger partial charge in [-0.3, -0.25) is 0 Å². The summed E-state index contributed by atoms with van der Waals surface area (Å²) < 4.78 is 0. The van der Waals surface area contributed by atoms with E-state index < -0.39 is 0 Å². The predicted octanol–water partition coefficient (Wildman–Crippen LogP) is 3.25. The van der Waals surface area contributed by atoms with Gasteiger partial charge in [-0.2, -0.15) is 16.6 Å². The van der Waals surface area contributed by atoms with Crippen molar-refractivity contribution in [1.29, 1.82) is 5.26 Å². The SMILES string of the molecule is CC(Cc1ccsc1)Nc1ccc(N)c(C#N)c1. The Balaban J connectivity index is 2.03. The summed E-state index contributed by atoms with van der Waals surface area (Å²) in [5.41, 5.74) is 8.99. The third kappa shape index (κ3) is 3.02. The molecule has 2 aromatic rings. The van der Waals surface area contributed by atoms with Crippen molar-refractivity contribution in [3.8, 4) is 6.07 Å². The average molecular weight is 257 g/mol. The smallest absolute Gasteiger partial charge is 0.101 e. The number of nitrogens with two attached hydrogens (primary N) is 1. The fourth-order valence-electron chi connectivity index (χ4n) is 1.84. The second-order valence-electron chi connectivity index (χ2n) is 4.29. The fraction of sp³-hybridized carbons (Fsp3) is 0.214. The first-order valence-electron chi connectivity index (χ1n) is 5.76. The number of thiophene rings is 1. The largest absolute Gasteiger partial charge is 0.398 e. The third-order valence-electron chi connectivity index (χ3n) is 2.71. The molecular weight excluding hydrogens is 242 g/mol. The van der Waals surface area contributed by atoms with Crippen molar-refractivity contribution >= 4 is 22.7 Å². The molecule has 92 valence electrons. The van der Waals surface area contributed by atoms with Crippen molar-refractivity contribution in [2.45, 2.75) is 19.4 Å². The lowest BCUT2D eigenvalue weighted by molar-refractivity contribution is 0.793. The van der Waals surface area contributed by atoms with E-state index in [0.29, 0.717) is 17.3 Å². The van der Waals surface area contributed by atoms with Gasteiger partial charge in [0.25, 0.3) is 0 Å². The number of anilines is 2. The summed E-state index contributed by atoms with van der Waals surface area (Å²) in [5.74, 6) is 0. The van der Waals surface area contributed by atoms with Crippen LogP contribution >= 0.6 is 11.3 Å². The maximum atomic E-state index is 8.93. The number of rotatable bonds is 4. The van der Waals surface area contributed by atoms with Gasteiger partial charge in [0.1, 0.15) is 6.07 Å². The molecule has 3 nitrogen and oxygen atoms in total. The third-order valence-corrected chi connectivity index (χ3v) is 3.44. The molecule has 1 unspecified atom stereocenters. The van der Waals surface area contributed by atoms with Crippen LogP contribution in [0.15, 0.2) is 35.0 Å². The summed E-state index contributed by atoms with van der Waals surface area (Å²) in [7, 11) is 0. The average Bonchev–Trinajstić information content (AvgIpc) is 2.84. The topological polar surface area (TPSA) is 61.8 Å². The number of hydrogen-bond donors (Lipinski definition) is 2. The molecule has 18 heavy (non-hydrogen) atoms. The monoisotopic (exact) mass is 257 g/mol. The van der Waals surface area contributed by atoms with E-state index in [4.69, 9.17) is 11.0 Å². The van der Waals surface area contributed by atoms with E-state index in [-0.39, 0.29) is 0 Å².